The van der Waals surface area contributed by atoms with Crippen LogP contribution < -0.4 is 0 Å². The SMILES string of the molecule is CCN1C[C@]2(C)C=C[C@H](OC)[C@@]34[C@H]1[C@]1(OCO[C@@H]1[C@H]1C[C@@H](OC)[C@H]5C[C@]3(O)[C@@H]1[C@H]5OC)[C@@H](OC(C)=O)[C@@H]42. The highest BCUT2D eigenvalue weighted by atomic mass is 16.7. The van der Waals surface area contributed by atoms with Crippen LogP contribution in [-0.2, 0) is 33.2 Å². The van der Waals surface area contributed by atoms with Crippen molar-refractivity contribution >= 4 is 5.97 Å². The monoisotopic (exact) mass is 519 g/mol. The van der Waals surface area contributed by atoms with E-state index in [0.29, 0.717) is 6.42 Å². The van der Waals surface area contributed by atoms with Crippen molar-refractivity contribution in [1.29, 1.82) is 0 Å². The minimum Gasteiger partial charge on any atom is -0.459 e. The Balaban J connectivity index is 1.59. The van der Waals surface area contributed by atoms with Gasteiger partial charge in [-0.2, -0.15) is 0 Å². The number of aliphatic hydroxyl groups is 1. The normalized spacial score (nSPS) is 58.8. The number of hydrogen-bond donors (Lipinski definition) is 1. The van der Waals surface area contributed by atoms with Crippen molar-refractivity contribution in [3.05, 3.63) is 12.2 Å². The molecule has 9 heteroatoms. The van der Waals surface area contributed by atoms with Crippen LogP contribution in [0, 0.1) is 34.5 Å². The maximum Gasteiger partial charge on any atom is 0.303 e. The average molecular weight is 520 g/mol. The van der Waals surface area contributed by atoms with Crippen LogP contribution in [0.25, 0.3) is 0 Å². The molecule has 2 aliphatic heterocycles. The van der Waals surface area contributed by atoms with Gasteiger partial charge < -0.3 is 33.5 Å². The first kappa shape index (κ1) is 24.9. The smallest absolute Gasteiger partial charge is 0.303 e. The number of carbonyl (C=O) groups is 1. The van der Waals surface area contributed by atoms with E-state index in [1.165, 1.54) is 6.92 Å². The van der Waals surface area contributed by atoms with Crippen LogP contribution >= 0.6 is 0 Å². The van der Waals surface area contributed by atoms with E-state index >= 15 is 0 Å². The van der Waals surface area contributed by atoms with Crippen LogP contribution in [-0.4, -0.2) is 105 Å². The van der Waals surface area contributed by atoms with Crippen molar-refractivity contribution in [2.45, 2.75) is 81.4 Å². The summed E-state index contributed by atoms with van der Waals surface area (Å²) in [6.45, 7) is 7.55. The second-order valence-electron chi connectivity index (χ2n) is 12.8. The molecule has 2 heterocycles. The third-order valence-electron chi connectivity index (χ3n) is 11.9. The zero-order valence-corrected chi connectivity index (χ0v) is 22.7. The lowest BCUT2D eigenvalue weighted by atomic mass is 9.46. The molecule has 9 nitrogen and oxygen atoms in total. The van der Waals surface area contributed by atoms with E-state index < -0.39 is 28.8 Å². The van der Waals surface area contributed by atoms with Gasteiger partial charge in [0.05, 0.1) is 41.5 Å². The molecule has 14 atom stereocenters. The number of likely N-dealkylation sites (tertiary alicyclic amines) is 1. The number of esters is 1. The zero-order chi connectivity index (χ0) is 26.1. The lowest BCUT2D eigenvalue weighted by Gasteiger charge is -2.65. The number of piperidine rings is 1. The maximum absolute atomic E-state index is 13.5. The predicted molar refractivity (Wildman–Crippen MR) is 130 cm³/mol. The van der Waals surface area contributed by atoms with E-state index in [4.69, 9.17) is 28.4 Å². The minimum atomic E-state index is -1.18. The van der Waals surface area contributed by atoms with Crippen molar-refractivity contribution in [2.75, 3.05) is 41.2 Å². The van der Waals surface area contributed by atoms with Gasteiger partial charge in [-0.15, -0.1) is 0 Å². The molecule has 1 N–H and O–H groups in total. The summed E-state index contributed by atoms with van der Waals surface area (Å²) in [5.74, 6) is -0.791. The summed E-state index contributed by atoms with van der Waals surface area (Å²) in [5, 5.41) is 13.5. The molecule has 0 radical (unpaired) electrons. The number of rotatable bonds is 5. The molecule has 7 rings (SSSR count). The van der Waals surface area contributed by atoms with Gasteiger partial charge in [0.25, 0.3) is 0 Å². The van der Waals surface area contributed by atoms with Gasteiger partial charge in [-0.1, -0.05) is 26.0 Å². The summed E-state index contributed by atoms with van der Waals surface area (Å²) in [4.78, 5) is 15.2. The Labute approximate surface area is 218 Å². The van der Waals surface area contributed by atoms with Gasteiger partial charge >= 0.3 is 5.97 Å². The fourth-order valence-electron chi connectivity index (χ4n) is 11.3. The number of ether oxygens (including phenoxy) is 6. The van der Waals surface area contributed by atoms with Crippen LogP contribution in [0.4, 0.5) is 0 Å². The van der Waals surface area contributed by atoms with Crippen molar-refractivity contribution in [2.24, 2.45) is 34.5 Å². The van der Waals surface area contributed by atoms with E-state index in [1.54, 1.807) is 21.3 Å². The van der Waals surface area contributed by atoms with Crippen LogP contribution in [0.3, 0.4) is 0 Å². The number of nitrogens with zero attached hydrogens (tertiary/aromatic N) is 1. The summed E-state index contributed by atoms with van der Waals surface area (Å²) in [5.41, 5.74) is -3.30. The minimum absolute atomic E-state index is 0.0451. The van der Waals surface area contributed by atoms with Crippen LogP contribution in [0.15, 0.2) is 12.2 Å². The van der Waals surface area contributed by atoms with Crippen molar-refractivity contribution < 1.29 is 38.3 Å². The van der Waals surface area contributed by atoms with E-state index in [-0.39, 0.29) is 66.2 Å². The standard InChI is InChI=1S/C28H41NO8/c1-7-29-12-25(3)9-8-18(33-5)27-21(25)23(37-14(2)30)28(24(27)29)22(35-13-36-28)15-10-17(32-4)16-11-26(27,31)19(15)20(16)34-6/h8-9,15-24,31H,7,10-13H2,1-6H3/t15-,16+,17+,18-,19-,20-,21+,22+,23-,24-,25-,26-,27+,28+/m0/s1. The van der Waals surface area contributed by atoms with Gasteiger partial charge in [0, 0.05) is 58.0 Å². The van der Waals surface area contributed by atoms with Gasteiger partial charge in [-0.05, 0) is 25.3 Å². The van der Waals surface area contributed by atoms with Crippen LogP contribution in [0.1, 0.15) is 33.6 Å². The second-order valence-corrected chi connectivity index (χ2v) is 12.8. The molecule has 7 bridgehead atoms. The molecule has 0 amide bonds. The summed E-state index contributed by atoms with van der Waals surface area (Å²) >= 11 is 0. The molecule has 2 spiro atoms. The van der Waals surface area contributed by atoms with Crippen LogP contribution in [0.2, 0.25) is 0 Å². The van der Waals surface area contributed by atoms with Crippen molar-refractivity contribution in [3.63, 3.8) is 0 Å². The number of likely N-dealkylation sites (N-methyl/N-ethyl adjacent to an activating group) is 1. The van der Waals surface area contributed by atoms with Gasteiger partial charge in [0.2, 0.25) is 0 Å². The molecule has 0 aromatic carbocycles. The number of hydrogen-bond acceptors (Lipinski definition) is 9. The lowest BCUT2D eigenvalue weighted by molar-refractivity contribution is -0.259. The Bertz CT molecular complexity index is 1020. The first-order valence-electron chi connectivity index (χ1n) is 13.9. The maximum atomic E-state index is 13.5. The van der Waals surface area contributed by atoms with Crippen molar-refractivity contribution in [3.8, 4) is 0 Å². The number of carbonyl (C=O) groups excluding carboxylic acids is 1. The van der Waals surface area contributed by atoms with E-state index in [1.807, 2.05) is 0 Å². The van der Waals surface area contributed by atoms with Gasteiger partial charge in [-0.25, -0.2) is 0 Å². The molecular weight excluding hydrogens is 478 g/mol. The molecule has 6 fully saturated rings. The third kappa shape index (κ3) is 2.51. The quantitative estimate of drug-likeness (QED) is 0.427. The Morgan fingerprint density at radius 1 is 1.19 bits per heavy atom. The molecule has 0 aromatic rings. The molecule has 206 valence electrons. The summed E-state index contributed by atoms with van der Waals surface area (Å²) in [7, 11) is 5.23. The Morgan fingerprint density at radius 3 is 2.62 bits per heavy atom. The fourth-order valence-corrected chi connectivity index (χ4v) is 11.3. The van der Waals surface area contributed by atoms with Gasteiger partial charge in [-0.3, -0.25) is 9.69 Å². The summed E-state index contributed by atoms with van der Waals surface area (Å²) in [6.07, 6.45) is 4.05. The molecule has 7 aliphatic rings. The Hall–Kier alpha value is -1.07. The first-order chi connectivity index (χ1) is 17.7. The average Bonchev–Trinajstić information content (AvgIpc) is 3.44. The Kier molecular flexibility index (Phi) is 5.24. The highest BCUT2D eigenvalue weighted by Crippen LogP contribution is 2.79. The van der Waals surface area contributed by atoms with E-state index in [9.17, 15) is 9.90 Å². The predicted octanol–water partition coefficient (Wildman–Crippen LogP) is 1.37. The summed E-state index contributed by atoms with van der Waals surface area (Å²) in [6, 6.07) is -0.261. The molecule has 0 unspecified atom stereocenters. The topological polar surface area (TPSA) is 95.9 Å². The van der Waals surface area contributed by atoms with Gasteiger partial charge in [0.15, 0.2) is 5.60 Å². The number of fused-ring (bicyclic) bond motifs is 2. The van der Waals surface area contributed by atoms with Gasteiger partial charge in [0.1, 0.15) is 12.9 Å². The molecule has 4 saturated carbocycles. The lowest BCUT2D eigenvalue weighted by Crippen LogP contribution is -2.75. The Morgan fingerprint density at radius 2 is 1.97 bits per heavy atom. The highest BCUT2D eigenvalue weighted by molar-refractivity contribution is 5.67. The van der Waals surface area contributed by atoms with Crippen LogP contribution in [0.5, 0.6) is 0 Å². The fraction of sp³-hybridized carbons (Fsp3) is 0.893. The highest BCUT2D eigenvalue weighted by Gasteiger charge is 2.91. The molecule has 37 heavy (non-hydrogen) atoms. The molecule has 2 saturated heterocycles. The molecular formula is C28H41NO8. The first-order valence-corrected chi connectivity index (χ1v) is 13.9. The zero-order valence-electron chi connectivity index (χ0n) is 22.7. The third-order valence-corrected chi connectivity index (χ3v) is 11.9. The van der Waals surface area contributed by atoms with Crippen molar-refractivity contribution in [1.82, 2.24) is 4.90 Å². The molecule has 0 aromatic heterocycles. The second kappa shape index (κ2) is 7.77. The molecule has 5 aliphatic carbocycles. The van der Waals surface area contributed by atoms with E-state index in [2.05, 4.69) is 30.9 Å². The largest absolute Gasteiger partial charge is 0.459 e. The summed E-state index contributed by atoms with van der Waals surface area (Å²) < 4.78 is 38.3. The number of methoxy groups -OCH3 is 3. The van der Waals surface area contributed by atoms with E-state index in [0.717, 1.165) is 19.5 Å².